The van der Waals surface area contributed by atoms with Gasteiger partial charge in [-0.05, 0) is 42.3 Å². The molecule has 1 aromatic carbocycles. The number of rotatable bonds is 6. The van der Waals surface area contributed by atoms with Gasteiger partial charge in [-0.3, -0.25) is 0 Å². The molecule has 0 aliphatic heterocycles. The number of azide groups is 1. The van der Waals surface area contributed by atoms with Crippen LogP contribution in [0.1, 0.15) is 6.92 Å². The molecule has 0 aliphatic rings. The van der Waals surface area contributed by atoms with E-state index >= 15 is 0 Å². The highest BCUT2D eigenvalue weighted by molar-refractivity contribution is 5.79. The average molecular weight is 372 g/mol. The SMILES string of the molecule is COc1ccc(OC(=O)Oc2ncc(F)c(N=C/C(C)=C\N=[N+]=[N-])n2)cc1. The van der Waals surface area contributed by atoms with Crippen LogP contribution in [0.2, 0.25) is 0 Å². The molecule has 0 N–H and O–H groups in total. The van der Waals surface area contributed by atoms with Crippen LogP contribution in [-0.4, -0.2) is 29.4 Å². The van der Waals surface area contributed by atoms with E-state index in [9.17, 15) is 9.18 Å². The van der Waals surface area contributed by atoms with Crippen LogP contribution in [0.3, 0.4) is 0 Å². The predicted molar refractivity (Wildman–Crippen MR) is 92.7 cm³/mol. The molecule has 0 fully saturated rings. The summed E-state index contributed by atoms with van der Waals surface area (Å²) in [5, 5.41) is 3.22. The number of allylic oxidation sites excluding steroid dienone is 1. The summed E-state index contributed by atoms with van der Waals surface area (Å²) in [5.41, 5.74) is 8.67. The van der Waals surface area contributed by atoms with Gasteiger partial charge in [-0.25, -0.2) is 19.2 Å². The van der Waals surface area contributed by atoms with E-state index in [0.29, 0.717) is 11.3 Å². The predicted octanol–water partition coefficient (Wildman–Crippen LogP) is 4.12. The summed E-state index contributed by atoms with van der Waals surface area (Å²) < 4.78 is 28.4. The van der Waals surface area contributed by atoms with Crippen molar-refractivity contribution in [2.24, 2.45) is 10.1 Å². The summed E-state index contributed by atoms with van der Waals surface area (Å²) in [5.74, 6) is -0.408. The van der Waals surface area contributed by atoms with E-state index in [4.69, 9.17) is 19.7 Å². The topological polar surface area (TPSA) is 132 Å². The Bertz CT molecular complexity index is 923. The van der Waals surface area contributed by atoms with Crippen LogP contribution < -0.4 is 14.2 Å². The lowest BCUT2D eigenvalue weighted by Crippen LogP contribution is -2.15. The van der Waals surface area contributed by atoms with Gasteiger partial charge in [-0.15, -0.1) is 0 Å². The zero-order valence-electron chi connectivity index (χ0n) is 14.2. The largest absolute Gasteiger partial charge is 0.521 e. The normalized spacial score (nSPS) is 11.0. The zero-order valence-corrected chi connectivity index (χ0v) is 14.2. The summed E-state index contributed by atoms with van der Waals surface area (Å²) in [7, 11) is 1.50. The van der Waals surface area contributed by atoms with Gasteiger partial charge in [0.1, 0.15) is 11.5 Å². The third-order valence-corrected chi connectivity index (χ3v) is 2.84. The van der Waals surface area contributed by atoms with Crippen molar-refractivity contribution in [1.82, 2.24) is 9.97 Å². The van der Waals surface area contributed by atoms with Crippen molar-refractivity contribution in [1.29, 1.82) is 0 Å². The van der Waals surface area contributed by atoms with Gasteiger partial charge in [-0.1, -0.05) is 5.11 Å². The van der Waals surface area contributed by atoms with Crippen molar-refractivity contribution in [3.63, 3.8) is 0 Å². The van der Waals surface area contributed by atoms with E-state index < -0.39 is 18.0 Å². The van der Waals surface area contributed by atoms with E-state index in [1.165, 1.54) is 31.7 Å². The minimum Gasteiger partial charge on any atom is -0.497 e. The number of benzene rings is 1. The minimum atomic E-state index is -1.11. The first-order valence-corrected chi connectivity index (χ1v) is 7.33. The average Bonchev–Trinajstić information content (AvgIpc) is 2.67. The lowest BCUT2D eigenvalue weighted by atomic mass is 10.3. The lowest BCUT2D eigenvalue weighted by Gasteiger charge is -2.05. The Morgan fingerprint density at radius 1 is 1.26 bits per heavy atom. The van der Waals surface area contributed by atoms with Gasteiger partial charge >= 0.3 is 12.2 Å². The molecule has 0 unspecified atom stereocenters. The molecular formula is C16H13FN6O4. The summed E-state index contributed by atoms with van der Waals surface area (Å²) in [6, 6.07) is 5.74. The second kappa shape index (κ2) is 9.49. The molecule has 10 nitrogen and oxygen atoms in total. The second-order valence-electron chi connectivity index (χ2n) is 4.79. The second-order valence-corrected chi connectivity index (χ2v) is 4.79. The molecule has 0 atom stereocenters. The number of ether oxygens (including phenoxy) is 3. The molecule has 138 valence electrons. The Morgan fingerprint density at radius 2 is 1.96 bits per heavy atom. The van der Waals surface area contributed by atoms with E-state index in [-0.39, 0.29) is 11.6 Å². The van der Waals surface area contributed by atoms with Crippen LogP contribution >= 0.6 is 0 Å². The molecule has 0 aliphatic carbocycles. The number of nitrogens with zero attached hydrogens (tertiary/aromatic N) is 6. The first-order chi connectivity index (χ1) is 13.0. The Balaban J connectivity index is 2.06. The Labute approximate surface area is 152 Å². The van der Waals surface area contributed by atoms with Crippen LogP contribution in [0, 0.1) is 5.82 Å². The maximum atomic E-state index is 13.7. The lowest BCUT2D eigenvalue weighted by molar-refractivity contribution is 0.147. The molecule has 0 amide bonds. The van der Waals surface area contributed by atoms with Gasteiger partial charge in [0.05, 0.1) is 13.3 Å². The van der Waals surface area contributed by atoms with Crippen molar-refractivity contribution in [2.75, 3.05) is 7.11 Å². The molecule has 0 radical (unpaired) electrons. The molecule has 11 heteroatoms. The summed E-state index contributed by atoms with van der Waals surface area (Å²) in [4.78, 5) is 25.3. The van der Waals surface area contributed by atoms with Crippen molar-refractivity contribution < 1.29 is 23.4 Å². The standard InChI is InChI=1S/C16H13FN6O4/c1-10(8-21-23-18)7-19-14-13(17)9-20-15(22-14)27-16(24)26-12-5-3-11(25-2)4-6-12/h3-9H,1-2H3/b10-8-,19-7?. The maximum Gasteiger partial charge on any atom is 0.521 e. The van der Waals surface area contributed by atoms with E-state index in [0.717, 1.165) is 6.20 Å². The highest BCUT2D eigenvalue weighted by Gasteiger charge is 2.13. The number of hydrogen-bond acceptors (Lipinski definition) is 8. The van der Waals surface area contributed by atoms with Crippen molar-refractivity contribution >= 4 is 18.2 Å². The third kappa shape index (κ3) is 6.11. The number of halogens is 1. The summed E-state index contributed by atoms with van der Waals surface area (Å²) >= 11 is 0. The van der Waals surface area contributed by atoms with Gasteiger partial charge in [-0.2, -0.15) is 4.98 Å². The number of hydrogen-bond donors (Lipinski definition) is 0. The Kier molecular flexibility index (Phi) is 6.80. The molecule has 2 rings (SSSR count). The number of carbonyl (C=O) groups is 1. The molecule has 27 heavy (non-hydrogen) atoms. The van der Waals surface area contributed by atoms with E-state index in [1.807, 2.05) is 0 Å². The summed E-state index contributed by atoms with van der Waals surface area (Å²) in [6.07, 6.45) is 2.09. The molecule has 0 saturated carbocycles. The molecule has 0 bridgehead atoms. The first-order valence-electron chi connectivity index (χ1n) is 7.33. The highest BCUT2D eigenvalue weighted by atomic mass is 19.1. The first kappa shape index (κ1) is 19.3. The van der Waals surface area contributed by atoms with Crippen LogP contribution in [0.15, 0.2) is 52.3 Å². The van der Waals surface area contributed by atoms with Crippen LogP contribution in [0.5, 0.6) is 17.5 Å². The summed E-state index contributed by atoms with van der Waals surface area (Å²) in [6.45, 7) is 1.58. The molecule has 1 aromatic heterocycles. The van der Waals surface area contributed by atoms with Gasteiger partial charge < -0.3 is 14.2 Å². The number of aromatic nitrogens is 2. The van der Waals surface area contributed by atoms with E-state index in [2.05, 4.69) is 25.0 Å². The fourth-order valence-electron chi connectivity index (χ4n) is 1.63. The molecular weight excluding hydrogens is 359 g/mol. The van der Waals surface area contributed by atoms with Crippen molar-refractivity contribution in [3.05, 3.63) is 58.5 Å². The van der Waals surface area contributed by atoms with Crippen LogP contribution in [0.25, 0.3) is 10.4 Å². The third-order valence-electron chi connectivity index (χ3n) is 2.84. The zero-order chi connectivity index (χ0) is 19.6. The number of methoxy groups -OCH3 is 1. The van der Waals surface area contributed by atoms with Gasteiger partial charge in [0.2, 0.25) is 0 Å². The van der Waals surface area contributed by atoms with Crippen LogP contribution in [-0.2, 0) is 0 Å². The van der Waals surface area contributed by atoms with Gasteiger partial charge in [0, 0.05) is 17.3 Å². The fraction of sp³-hybridized carbons (Fsp3) is 0.125. The molecule has 1 heterocycles. The van der Waals surface area contributed by atoms with Crippen molar-refractivity contribution in [2.45, 2.75) is 6.92 Å². The van der Waals surface area contributed by atoms with Gasteiger partial charge in [0.25, 0.3) is 0 Å². The molecule has 0 saturated heterocycles. The van der Waals surface area contributed by atoms with Crippen LogP contribution in [0.4, 0.5) is 15.0 Å². The van der Waals surface area contributed by atoms with E-state index in [1.54, 1.807) is 19.1 Å². The number of carbonyl (C=O) groups excluding carboxylic acids is 1. The van der Waals surface area contributed by atoms with Crippen molar-refractivity contribution in [3.8, 4) is 17.5 Å². The smallest absolute Gasteiger partial charge is 0.497 e. The molecule has 2 aromatic rings. The fourth-order valence-corrected chi connectivity index (χ4v) is 1.63. The number of aliphatic imine (C=N–C) groups is 1. The minimum absolute atomic E-state index is 0.208. The Morgan fingerprint density at radius 3 is 2.63 bits per heavy atom. The molecule has 0 spiro atoms. The maximum absolute atomic E-state index is 13.7. The van der Waals surface area contributed by atoms with Gasteiger partial charge in [0.15, 0.2) is 11.6 Å². The highest BCUT2D eigenvalue weighted by Crippen LogP contribution is 2.19. The quantitative estimate of drug-likeness (QED) is 0.187. The Hall–Kier alpha value is -3.98. The monoisotopic (exact) mass is 372 g/mol.